The maximum absolute atomic E-state index is 13.9. The van der Waals surface area contributed by atoms with Gasteiger partial charge in [0.1, 0.15) is 12.6 Å². The van der Waals surface area contributed by atoms with Crippen LogP contribution in [0.15, 0.2) is 81.0 Å². The summed E-state index contributed by atoms with van der Waals surface area (Å²) in [5.74, 6) is 0.565. The zero-order valence-electron chi connectivity index (χ0n) is 21.5. The van der Waals surface area contributed by atoms with Crippen LogP contribution in [0.4, 0.5) is 0 Å². The molecule has 2 aromatic carbocycles. The molecule has 0 radical (unpaired) electrons. The number of halogens is 1. The molecule has 0 saturated heterocycles. The van der Waals surface area contributed by atoms with Crippen LogP contribution in [0, 0.1) is 0 Å². The van der Waals surface area contributed by atoms with Gasteiger partial charge < -0.3 is 14.2 Å². The first-order valence-electron chi connectivity index (χ1n) is 12.2. The number of para-hydroxylation sites is 1. The number of methoxy groups -OCH3 is 1. The Hall–Kier alpha value is -3.66. The summed E-state index contributed by atoms with van der Waals surface area (Å²) in [5, 5.41) is 2.54. The molecular weight excluding hydrogens is 556 g/mol. The molecule has 10 heteroatoms. The second-order valence-electron chi connectivity index (χ2n) is 8.61. The molecule has 0 unspecified atom stereocenters. The van der Waals surface area contributed by atoms with Crippen LogP contribution in [0.2, 0.25) is 5.02 Å². The van der Waals surface area contributed by atoms with E-state index in [4.69, 9.17) is 25.8 Å². The third-order valence-electron chi connectivity index (χ3n) is 6.12. The van der Waals surface area contributed by atoms with Crippen LogP contribution >= 0.6 is 34.3 Å². The van der Waals surface area contributed by atoms with Crippen molar-refractivity contribution in [1.82, 2.24) is 4.57 Å². The van der Waals surface area contributed by atoms with Crippen LogP contribution in [0.3, 0.4) is 0 Å². The number of aromatic nitrogens is 1. The molecule has 2 aromatic heterocycles. The number of ether oxygens (including phenoxy) is 3. The molecule has 0 bridgehead atoms. The fourth-order valence-corrected chi connectivity index (χ4v) is 6.47. The molecule has 0 saturated carbocycles. The second kappa shape index (κ2) is 11.6. The van der Waals surface area contributed by atoms with Crippen molar-refractivity contribution in [2.75, 3.05) is 13.7 Å². The number of hydrogen-bond donors (Lipinski definition) is 0. The van der Waals surface area contributed by atoms with Gasteiger partial charge in [-0.2, -0.15) is 0 Å². The van der Waals surface area contributed by atoms with Gasteiger partial charge in [-0.1, -0.05) is 53.3 Å². The van der Waals surface area contributed by atoms with Crippen molar-refractivity contribution in [3.63, 3.8) is 0 Å². The van der Waals surface area contributed by atoms with Gasteiger partial charge in [0.05, 0.1) is 29.5 Å². The Labute approximate surface area is 237 Å². The van der Waals surface area contributed by atoms with Gasteiger partial charge in [-0.05, 0) is 55.1 Å². The Morgan fingerprint density at radius 3 is 2.72 bits per heavy atom. The van der Waals surface area contributed by atoms with E-state index in [2.05, 4.69) is 4.99 Å². The van der Waals surface area contributed by atoms with Crippen molar-refractivity contribution < 1.29 is 19.0 Å². The predicted octanol–water partition coefficient (Wildman–Crippen LogP) is 5.10. The molecule has 0 spiro atoms. The van der Waals surface area contributed by atoms with Gasteiger partial charge in [-0.3, -0.25) is 9.36 Å². The summed E-state index contributed by atoms with van der Waals surface area (Å²) in [6.45, 7) is 4.02. The highest BCUT2D eigenvalue weighted by molar-refractivity contribution is 7.10. The summed E-state index contributed by atoms with van der Waals surface area (Å²) in [6, 6.07) is 16.1. The molecule has 39 heavy (non-hydrogen) atoms. The van der Waals surface area contributed by atoms with E-state index in [1.54, 1.807) is 43.7 Å². The smallest absolute Gasteiger partial charge is 0.338 e. The van der Waals surface area contributed by atoms with Crippen molar-refractivity contribution in [2.24, 2.45) is 4.99 Å². The molecule has 200 valence electrons. The lowest BCUT2D eigenvalue weighted by Gasteiger charge is -2.23. The number of carbonyl (C=O) groups is 1. The summed E-state index contributed by atoms with van der Waals surface area (Å²) in [6.07, 6.45) is 1.77. The van der Waals surface area contributed by atoms with Gasteiger partial charge in [-0.15, -0.1) is 11.3 Å². The maximum atomic E-state index is 13.9. The molecule has 5 rings (SSSR count). The first-order valence-corrected chi connectivity index (χ1v) is 14.3. The minimum absolute atomic E-state index is 0.227. The lowest BCUT2D eigenvalue weighted by Crippen LogP contribution is -2.39. The molecule has 1 atom stereocenters. The van der Waals surface area contributed by atoms with Gasteiger partial charge in [0.15, 0.2) is 16.3 Å². The van der Waals surface area contributed by atoms with E-state index in [1.165, 1.54) is 22.7 Å². The molecule has 0 fully saturated rings. The summed E-state index contributed by atoms with van der Waals surface area (Å²) in [7, 11) is 1.57. The zero-order chi connectivity index (χ0) is 27.5. The zero-order valence-corrected chi connectivity index (χ0v) is 23.9. The number of rotatable bonds is 8. The minimum Gasteiger partial charge on any atom is -0.493 e. The minimum atomic E-state index is -0.619. The van der Waals surface area contributed by atoms with Gasteiger partial charge in [0.25, 0.3) is 5.56 Å². The van der Waals surface area contributed by atoms with E-state index in [0.717, 1.165) is 10.4 Å². The van der Waals surface area contributed by atoms with E-state index in [0.29, 0.717) is 42.7 Å². The van der Waals surface area contributed by atoms with Crippen LogP contribution in [-0.4, -0.2) is 24.3 Å². The third kappa shape index (κ3) is 5.43. The highest BCUT2D eigenvalue weighted by atomic mass is 35.5. The molecule has 0 aliphatic carbocycles. The molecule has 1 aliphatic rings. The fraction of sp³-hybridized carbons (Fsp3) is 0.207. The van der Waals surface area contributed by atoms with Gasteiger partial charge in [0.2, 0.25) is 0 Å². The standard InChI is InChI=1S/C29H25ClN2O5S2/c1-4-36-28(34)24-17(2)31-29-32(25(24)22-12-7-13-38-22)27(33)23(39-29)15-19-9-6-11-21(35-3)26(19)37-16-18-8-5-10-20(30)14-18/h5-15,25H,4,16H2,1-3H3/b23-15-/t25-/m0/s1. The summed E-state index contributed by atoms with van der Waals surface area (Å²) in [4.78, 5) is 32.8. The highest BCUT2D eigenvalue weighted by Gasteiger charge is 2.33. The predicted molar refractivity (Wildman–Crippen MR) is 153 cm³/mol. The van der Waals surface area contributed by atoms with Crippen LogP contribution < -0.4 is 24.4 Å². The Morgan fingerprint density at radius 2 is 2.00 bits per heavy atom. The Bertz CT molecular complexity index is 1740. The van der Waals surface area contributed by atoms with Crippen LogP contribution in [0.1, 0.15) is 35.9 Å². The van der Waals surface area contributed by atoms with E-state index >= 15 is 0 Å². The number of benzene rings is 2. The molecule has 1 aliphatic heterocycles. The first-order chi connectivity index (χ1) is 18.9. The molecule has 7 nitrogen and oxygen atoms in total. The number of allylic oxidation sites excluding steroid dienone is 1. The van der Waals surface area contributed by atoms with Gasteiger partial charge in [-0.25, -0.2) is 9.79 Å². The molecular formula is C29H25ClN2O5S2. The fourth-order valence-electron chi connectivity index (χ4n) is 4.39. The first kappa shape index (κ1) is 26.9. The lowest BCUT2D eigenvalue weighted by atomic mass is 10.0. The summed E-state index contributed by atoms with van der Waals surface area (Å²) >= 11 is 8.87. The molecule has 3 heterocycles. The van der Waals surface area contributed by atoms with E-state index in [9.17, 15) is 9.59 Å². The van der Waals surface area contributed by atoms with Crippen molar-refractivity contribution in [2.45, 2.75) is 26.5 Å². The number of thiophene rings is 1. The second-order valence-corrected chi connectivity index (χ2v) is 11.0. The van der Waals surface area contributed by atoms with E-state index in [1.807, 2.05) is 47.8 Å². The molecule has 4 aromatic rings. The number of thiazole rings is 1. The summed E-state index contributed by atoms with van der Waals surface area (Å²) < 4.78 is 19.1. The van der Waals surface area contributed by atoms with Crippen LogP contribution in [0.5, 0.6) is 11.5 Å². The number of esters is 1. The Kier molecular flexibility index (Phi) is 8.02. The van der Waals surface area contributed by atoms with Crippen molar-refractivity contribution >= 4 is 46.3 Å². The quantitative estimate of drug-likeness (QED) is 0.271. The molecule has 0 amide bonds. The van der Waals surface area contributed by atoms with Crippen molar-refractivity contribution in [3.05, 3.63) is 112 Å². The number of hydrogen-bond acceptors (Lipinski definition) is 8. The maximum Gasteiger partial charge on any atom is 0.338 e. The monoisotopic (exact) mass is 580 g/mol. The average molecular weight is 581 g/mol. The normalized spacial score (nSPS) is 15.1. The Balaban J connectivity index is 1.62. The lowest BCUT2D eigenvalue weighted by molar-refractivity contribution is -0.139. The largest absolute Gasteiger partial charge is 0.493 e. The van der Waals surface area contributed by atoms with E-state index in [-0.39, 0.29) is 18.8 Å². The Morgan fingerprint density at radius 1 is 1.18 bits per heavy atom. The van der Waals surface area contributed by atoms with Gasteiger partial charge >= 0.3 is 5.97 Å². The number of nitrogens with zero attached hydrogens (tertiary/aromatic N) is 2. The highest BCUT2D eigenvalue weighted by Crippen LogP contribution is 2.34. The van der Waals surface area contributed by atoms with Crippen LogP contribution in [0.25, 0.3) is 6.08 Å². The van der Waals surface area contributed by atoms with E-state index < -0.39 is 12.0 Å². The number of fused-ring (bicyclic) bond motifs is 1. The topological polar surface area (TPSA) is 79.1 Å². The third-order valence-corrected chi connectivity index (χ3v) is 8.26. The van der Waals surface area contributed by atoms with Crippen molar-refractivity contribution in [3.8, 4) is 11.5 Å². The summed E-state index contributed by atoms with van der Waals surface area (Å²) in [5.41, 5.74) is 2.22. The van der Waals surface area contributed by atoms with Crippen LogP contribution in [-0.2, 0) is 16.1 Å². The van der Waals surface area contributed by atoms with Crippen molar-refractivity contribution in [1.29, 1.82) is 0 Å². The number of carbonyl (C=O) groups excluding carboxylic acids is 1. The van der Waals surface area contributed by atoms with Gasteiger partial charge in [0, 0.05) is 15.5 Å². The SMILES string of the molecule is CCOC(=O)C1=C(C)N=c2s/c(=C\c3cccc(OC)c3OCc3cccc(Cl)c3)c(=O)n2[C@H]1c1cccs1. The average Bonchev–Trinajstić information content (AvgIpc) is 3.55. The molecule has 0 N–H and O–H groups in total.